The van der Waals surface area contributed by atoms with Crippen LogP contribution in [-0.2, 0) is 11.3 Å². The van der Waals surface area contributed by atoms with Crippen molar-refractivity contribution in [2.24, 2.45) is 0 Å². The zero-order valence-electron chi connectivity index (χ0n) is 10.6. The van der Waals surface area contributed by atoms with Gasteiger partial charge < -0.3 is 9.84 Å². The summed E-state index contributed by atoms with van der Waals surface area (Å²) in [7, 11) is 3.78. The highest BCUT2D eigenvalue weighted by molar-refractivity contribution is 5.42. The Labute approximate surface area is 97.7 Å². The summed E-state index contributed by atoms with van der Waals surface area (Å²) < 4.78 is 5.04. The number of aryl methyl sites for hydroxylation is 2. The highest BCUT2D eigenvalue weighted by atomic mass is 16.5. The largest absolute Gasteiger partial charge is 0.507 e. The maximum atomic E-state index is 9.67. The van der Waals surface area contributed by atoms with E-state index in [-0.39, 0.29) is 0 Å². The molecule has 0 bridgehead atoms. The fraction of sp³-hybridized carbons (Fsp3) is 0.538. The summed E-state index contributed by atoms with van der Waals surface area (Å²) in [5, 5.41) is 9.67. The van der Waals surface area contributed by atoms with E-state index < -0.39 is 0 Å². The molecule has 0 spiro atoms. The first kappa shape index (κ1) is 13.0. The minimum atomic E-state index is 0.406. The molecule has 0 heterocycles. The van der Waals surface area contributed by atoms with Crippen molar-refractivity contribution in [1.29, 1.82) is 0 Å². The van der Waals surface area contributed by atoms with E-state index >= 15 is 0 Å². The molecule has 0 unspecified atom stereocenters. The second kappa shape index (κ2) is 5.87. The van der Waals surface area contributed by atoms with E-state index in [9.17, 15) is 5.11 Å². The van der Waals surface area contributed by atoms with Crippen LogP contribution in [0.3, 0.4) is 0 Å². The molecular formula is C13H21NO2. The normalized spacial score (nSPS) is 11.1. The average molecular weight is 223 g/mol. The quantitative estimate of drug-likeness (QED) is 0.829. The third-order valence-corrected chi connectivity index (χ3v) is 2.68. The molecule has 1 aromatic carbocycles. The van der Waals surface area contributed by atoms with Crippen LogP contribution in [0.4, 0.5) is 0 Å². The van der Waals surface area contributed by atoms with Crippen LogP contribution in [-0.4, -0.2) is 37.3 Å². The number of hydrogen-bond acceptors (Lipinski definition) is 3. The number of benzene rings is 1. The summed E-state index contributed by atoms with van der Waals surface area (Å²) in [5.74, 6) is 0.406. The van der Waals surface area contributed by atoms with Crippen LogP contribution in [0.1, 0.15) is 16.7 Å². The monoisotopic (exact) mass is 223 g/mol. The SMILES string of the molecule is COCCN(C)Cc1cc(C)c(O)c(C)c1. The van der Waals surface area contributed by atoms with Crippen LogP contribution >= 0.6 is 0 Å². The molecule has 0 radical (unpaired) electrons. The van der Waals surface area contributed by atoms with Gasteiger partial charge in [-0.3, -0.25) is 4.90 Å². The van der Waals surface area contributed by atoms with Crippen molar-refractivity contribution >= 4 is 0 Å². The molecule has 3 nitrogen and oxygen atoms in total. The number of rotatable bonds is 5. The predicted molar refractivity (Wildman–Crippen MR) is 65.8 cm³/mol. The Morgan fingerprint density at radius 3 is 2.31 bits per heavy atom. The van der Waals surface area contributed by atoms with Gasteiger partial charge in [0.05, 0.1) is 6.61 Å². The first-order valence-corrected chi connectivity index (χ1v) is 5.51. The molecule has 0 aliphatic heterocycles. The summed E-state index contributed by atoms with van der Waals surface area (Å²) >= 11 is 0. The number of aromatic hydroxyl groups is 1. The van der Waals surface area contributed by atoms with Crippen molar-refractivity contribution in [3.05, 3.63) is 28.8 Å². The second-order valence-corrected chi connectivity index (χ2v) is 4.31. The lowest BCUT2D eigenvalue weighted by atomic mass is 10.1. The molecule has 0 aromatic heterocycles. The molecule has 1 N–H and O–H groups in total. The van der Waals surface area contributed by atoms with Gasteiger partial charge in [-0.25, -0.2) is 0 Å². The number of ether oxygens (including phenoxy) is 1. The molecule has 16 heavy (non-hydrogen) atoms. The third-order valence-electron chi connectivity index (χ3n) is 2.68. The summed E-state index contributed by atoms with van der Waals surface area (Å²) in [4.78, 5) is 2.20. The summed E-state index contributed by atoms with van der Waals surface area (Å²) in [6.07, 6.45) is 0. The molecule has 90 valence electrons. The smallest absolute Gasteiger partial charge is 0.121 e. The molecule has 1 aromatic rings. The number of phenolic OH excluding ortho intramolecular Hbond substituents is 1. The minimum Gasteiger partial charge on any atom is -0.507 e. The van der Waals surface area contributed by atoms with Crippen molar-refractivity contribution in [3.8, 4) is 5.75 Å². The minimum absolute atomic E-state index is 0.406. The maximum Gasteiger partial charge on any atom is 0.121 e. The summed E-state index contributed by atoms with van der Waals surface area (Å²) in [5.41, 5.74) is 3.11. The van der Waals surface area contributed by atoms with Crippen LogP contribution in [0.5, 0.6) is 5.75 Å². The van der Waals surface area contributed by atoms with Gasteiger partial charge in [-0.2, -0.15) is 0 Å². The first-order chi connectivity index (χ1) is 7.54. The van der Waals surface area contributed by atoms with Crippen molar-refractivity contribution in [2.75, 3.05) is 27.3 Å². The van der Waals surface area contributed by atoms with Crippen LogP contribution in [0.2, 0.25) is 0 Å². The Hall–Kier alpha value is -1.06. The second-order valence-electron chi connectivity index (χ2n) is 4.31. The number of nitrogens with zero attached hydrogens (tertiary/aromatic N) is 1. The molecule has 3 heteroatoms. The van der Waals surface area contributed by atoms with Crippen molar-refractivity contribution in [2.45, 2.75) is 20.4 Å². The topological polar surface area (TPSA) is 32.7 Å². The molecule has 0 aliphatic carbocycles. The van der Waals surface area contributed by atoms with Crippen LogP contribution in [0.25, 0.3) is 0 Å². The number of methoxy groups -OCH3 is 1. The van der Waals surface area contributed by atoms with E-state index in [1.807, 2.05) is 26.0 Å². The van der Waals surface area contributed by atoms with Crippen LogP contribution < -0.4 is 0 Å². The first-order valence-electron chi connectivity index (χ1n) is 5.51. The lowest BCUT2D eigenvalue weighted by Crippen LogP contribution is -2.22. The highest BCUT2D eigenvalue weighted by Gasteiger charge is 2.05. The number of phenols is 1. The lowest BCUT2D eigenvalue weighted by Gasteiger charge is -2.17. The average Bonchev–Trinajstić information content (AvgIpc) is 2.23. The standard InChI is InChI=1S/C13H21NO2/c1-10-7-12(8-11(2)13(10)15)9-14(3)5-6-16-4/h7-8,15H,5-6,9H2,1-4H3. The predicted octanol–water partition coefficient (Wildman–Crippen LogP) is 2.09. The number of hydrogen-bond donors (Lipinski definition) is 1. The van der Waals surface area contributed by atoms with Gasteiger partial charge in [0.2, 0.25) is 0 Å². The van der Waals surface area contributed by atoms with E-state index in [0.717, 1.165) is 30.8 Å². The van der Waals surface area contributed by atoms with Gasteiger partial charge in [-0.05, 0) is 37.6 Å². The Bertz CT molecular complexity index is 327. The fourth-order valence-electron chi connectivity index (χ4n) is 1.77. The zero-order valence-corrected chi connectivity index (χ0v) is 10.6. The fourth-order valence-corrected chi connectivity index (χ4v) is 1.77. The summed E-state index contributed by atoms with van der Waals surface area (Å²) in [6.45, 7) is 6.40. The zero-order chi connectivity index (χ0) is 12.1. The number of likely N-dealkylation sites (N-methyl/N-ethyl adjacent to an activating group) is 1. The van der Waals surface area contributed by atoms with Gasteiger partial charge >= 0.3 is 0 Å². The van der Waals surface area contributed by atoms with E-state index in [4.69, 9.17) is 4.74 Å². The molecule has 0 saturated heterocycles. The molecular weight excluding hydrogens is 202 g/mol. The van der Waals surface area contributed by atoms with Crippen LogP contribution in [0.15, 0.2) is 12.1 Å². The van der Waals surface area contributed by atoms with Gasteiger partial charge in [0.1, 0.15) is 5.75 Å². The molecule has 0 atom stereocenters. The van der Waals surface area contributed by atoms with E-state index in [2.05, 4.69) is 11.9 Å². The van der Waals surface area contributed by atoms with E-state index in [0.29, 0.717) is 5.75 Å². The molecule has 0 fully saturated rings. The van der Waals surface area contributed by atoms with Gasteiger partial charge in [-0.15, -0.1) is 0 Å². The Morgan fingerprint density at radius 2 is 1.81 bits per heavy atom. The van der Waals surface area contributed by atoms with Crippen molar-refractivity contribution < 1.29 is 9.84 Å². The molecule has 0 aliphatic rings. The molecule has 1 rings (SSSR count). The van der Waals surface area contributed by atoms with Crippen molar-refractivity contribution in [1.82, 2.24) is 4.90 Å². The Balaban J connectivity index is 2.67. The molecule has 0 saturated carbocycles. The van der Waals surface area contributed by atoms with Gasteiger partial charge in [0, 0.05) is 20.2 Å². The Morgan fingerprint density at radius 1 is 1.25 bits per heavy atom. The van der Waals surface area contributed by atoms with E-state index in [1.165, 1.54) is 5.56 Å². The third kappa shape index (κ3) is 3.51. The Kier molecular flexibility index (Phi) is 4.77. The van der Waals surface area contributed by atoms with Crippen LogP contribution in [0, 0.1) is 13.8 Å². The van der Waals surface area contributed by atoms with E-state index in [1.54, 1.807) is 7.11 Å². The lowest BCUT2D eigenvalue weighted by molar-refractivity contribution is 0.158. The maximum absolute atomic E-state index is 9.67. The van der Waals surface area contributed by atoms with Gasteiger partial charge in [0.25, 0.3) is 0 Å². The molecule has 0 amide bonds. The summed E-state index contributed by atoms with van der Waals surface area (Å²) in [6, 6.07) is 4.07. The van der Waals surface area contributed by atoms with Gasteiger partial charge in [0.15, 0.2) is 0 Å². The van der Waals surface area contributed by atoms with Gasteiger partial charge in [-0.1, -0.05) is 12.1 Å². The highest BCUT2D eigenvalue weighted by Crippen LogP contribution is 2.23. The van der Waals surface area contributed by atoms with Crippen molar-refractivity contribution in [3.63, 3.8) is 0 Å².